The lowest BCUT2D eigenvalue weighted by Crippen LogP contribution is -2.27. The molecule has 0 unspecified atom stereocenters. The van der Waals surface area contributed by atoms with E-state index in [2.05, 4.69) is 5.32 Å². The van der Waals surface area contributed by atoms with E-state index in [1.807, 2.05) is 41.9 Å². The van der Waals surface area contributed by atoms with Crippen molar-refractivity contribution in [2.75, 3.05) is 24.7 Å². The molecule has 2 N–H and O–H groups in total. The summed E-state index contributed by atoms with van der Waals surface area (Å²) in [6.07, 6.45) is 0.807. The van der Waals surface area contributed by atoms with E-state index in [0.717, 1.165) is 28.8 Å². The highest BCUT2D eigenvalue weighted by molar-refractivity contribution is 7.99. The number of fused-ring (bicyclic) bond motifs is 1. The van der Waals surface area contributed by atoms with Crippen molar-refractivity contribution in [3.8, 4) is 0 Å². The second-order valence-corrected chi connectivity index (χ2v) is 5.82. The molecule has 4 nitrogen and oxygen atoms in total. The molecule has 0 atom stereocenters. The van der Waals surface area contributed by atoms with Crippen molar-refractivity contribution in [3.63, 3.8) is 0 Å². The van der Waals surface area contributed by atoms with Crippen LogP contribution >= 0.6 is 11.8 Å². The molecule has 0 aliphatic carbocycles. The van der Waals surface area contributed by atoms with Crippen molar-refractivity contribution in [2.45, 2.75) is 6.42 Å². The number of nitrogens with one attached hydrogen (secondary N) is 1. The highest BCUT2D eigenvalue weighted by Crippen LogP contribution is 2.18. The molecule has 0 fully saturated rings. The first-order chi connectivity index (χ1) is 9.74. The van der Waals surface area contributed by atoms with Gasteiger partial charge < -0.3 is 15.0 Å². The topological polar surface area (TPSA) is 54.3 Å². The van der Waals surface area contributed by atoms with E-state index >= 15 is 0 Å². The van der Waals surface area contributed by atoms with Crippen LogP contribution in [0, 0.1) is 0 Å². The van der Waals surface area contributed by atoms with Gasteiger partial charge in [0.15, 0.2) is 0 Å². The first-order valence-electron chi connectivity index (χ1n) is 6.75. The molecule has 108 valence electrons. The summed E-state index contributed by atoms with van der Waals surface area (Å²) < 4.78 is 1.92. The van der Waals surface area contributed by atoms with Gasteiger partial charge in [-0.25, -0.2) is 0 Å². The number of carbonyl (C=O) groups excluding carboxylic acids is 1. The van der Waals surface area contributed by atoms with Crippen LogP contribution in [0.15, 0.2) is 30.3 Å². The third-order valence-electron chi connectivity index (χ3n) is 3.16. The highest BCUT2D eigenvalue weighted by Gasteiger charge is 2.12. The van der Waals surface area contributed by atoms with E-state index in [1.54, 1.807) is 11.8 Å². The summed E-state index contributed by atoms with van der Waals surface area (Å²) in [5.74, 6) is 1.77. The predicted molar refractivity (Wildman–Crippen MR) is 84.3 cm³/mol. The van der Waals surface area contributed by atoms with Gasteiger partial charge >= 0.3 is 0 Å². The average molecular weight is 292 g/mol. The Morgan fingerprint density at radius 1 is 1.35 bits per heavy atom. The van der Waals surface area contributed by atoms with Crippen molar-refractivity contribution >= 4 is 28.6 Å². The summed E-state index contributed by atoms with van der Waals surface area (Å²) in [5, 5.41) is 12.7. The summed E-state index contributed by atoms with van der Waals surface area (Å²) in [6.45, 7) is 0.881. The van der Waals surface area contributed by atoms with Crippen LogP contribution in [0.4, 0.5) is 0 Å². The van der Waals surface area contributed by atoms with Crippen LogP contribution in [0.3, 0.4) is 0 Å². The molecular weight excluding hydrogens is 272 g/mol. The molecule has 1 amide bonds. The summed E-state index contributed by atoms with van der Waals surface area (Å²) in [5.41, 5.74) is 1.75. The fraction of sp³-hybridized carbons (Fsp3) is 0.400. The Balaban J connectivity index is 1.89. The third kappa shape index (κ3) is 3.55. The third-order valence-corrected chi connectivity index (χ3v) is 4.23. The van der Waals surface area contributed by atoms with E-state index in [0.29, 0.717) is 12.2 Å². The van der Waals surface area contributed by atoms with E-state index in [4.69, 9.17) is 5.11 Å². The van der Waals surface area contributed by atoms with Gasteiger partial charge in [0.25, 0.3) is 5.91 Å². The number of para-hydroxylation sites is 1. The Kier molecular flexibility index (Phi) is 5.49. The largest absolute Gasteiger partial charge is 0.396 e. The number of aliphatic hydroxyl groups excluding tert-OH is 1. The van der Waals surface area contributed by atoms with Gasteiger partial charge in [-0.2, -0.15) is 11.8 Å². The minimum atomic E-state index is -0.0357. The second kappa shape index (κ2) is 7.36. The van der Waals surface area contributed by atoms with Gasteiger partial charge in [-0.3, -0.25) is 4.79 Å². The van der Waals surface area contributed by atoms with Crippen molar-refractivity contribution < 1.29 is 9.90 Å². The molecular formula is C15H20N2O2S. The number of amides is 1. The summed E-state index contributed by atoms with van der Waals surface area (Å²) in [7, 11) is 1.91. The predicted octanol–water partition coefficient (Wildman–Crippen LogP) is 2.02. The summed E-state index contributed by atoms with van der Waals surface area (Å²) in [6, 6.07) is 9.89. The lowest BCUT2D eigenvalue weighted by Gasteiger charge is -2.06. The smallest absolute Gasteiger partial charge is 0.267 e. The Labute approximate surface area is 123 Å². The summed E-state index contributed by atoms with van der Waals surface area (Å²) >= 11 is 1.74. The monoisotopic (exact) mass is 292 g/mol. The van der Waals surface area contributed by atoms with Gasteiger partial charge in [0, 0.05) is 36.9 Å². The maximum absolute atomic E-state index is 12.1. The van der Waals surface area contributed by atoms with Crippen LogP contribution < -0.4 is 5.32 Å². The molecule has 0 saturated carbocycles. The van der Waals surface area contributed by atoms with Gasteiger partial charge in [-0.05, 0) is 24.3 Å². The Bertz CT molecular complexity index is 580. The average Bonchev–Trinajstić information content (AvgIpc) is 2.80. The molecule has 0 radical (unpaired) electrons. The van der Waals surface area contributed by atoms with Crippen LogP contribution in [0.5, 0.6) is 0 Å². The quantitative estimate of drug-likeness (QED) is 0.768. The molecule has 1 aromatic carbocycles. The number of benzene rings is 1. The number of hydrogen-bond acceptors (Lipinski definition) is 3. The zero-order valence-electron chi connectivity index (χ0n) is 11.6. The maximum Gasteiger partial charge on any atom is 0.267 e. The molecule has 0 spiro atoms. The van der Waals surface area contributed by atoms with Gasteiger partial charge in [-0.15, -0.1) is 0 Å². The molecule has 5 heteroatoms. The Morgan fingerprint density at radius 2 is 2.15 bits per heavy atom. The van der Waals surface area contributed by atoms with Crippen LogP contribution in [-0.2, 0) is 7.05 Å². The van der Waals surface area contributed by atoms with Crippen molar-refractivity contribution in [3.05, 3.63) is 36.0 Å². The van der Waals surface area contributed by atoms with E-state index in [9.17, 15) is 4.79 Å². The van der Waals surface area contributed by atoms with E-state index < -0.39 is 0 Å². The number of nitrogens with zero attached hydrogens (tertiary/aromatic N) is 1. The van der Waals surface area contributed by atoms with Crippen LogP contribution in [-0.4, -0.2) is 40.2 Å². The number of carbonyl (C=O) groups is 1. The zero-order chi connectivity index (χ0) is 14.4. The molecule has 2 rings (SSSR count). The Hall–Kier alpha value is -1.46. The fourth-order valence-corrected chi connectivity index (χ4v) is 2.89. The highest BCUT2D eigenvalue weighted by atomic mass is 32.2. The fourth-order valence-electron chi connectivity index (χ4n) is 2.10. The minimum Gasteiger partial charge on any atom is -0.396 e. The van der Waals surface area contributed by atoms with Crippen LogP contribution in [0.1, 0.15) is 16.9 Å². The maximum atomic E-state index is 12.1. The molecule has 1 heterocycles. The standard InChI is InChI=1S/C15H20N2O2S/c1-17-13-6-3-2-5-12(13)11-14(17)15(19)16-7-10-20-9-4-8-18/h2-3,5-6,11,18H,4,7-10H2,1H3,(H,16,19). The molecule has 1 aromatic heterocycles. The number of rotatable bonds is 7. The summed E-state index contributed by atoms with van der Waals surface area (Å²) in [4.78, 5) is 12.1. The van der Waals surface area contributed by atoms with Gasteiger partial charge in [0.1, 0.15) is 5.69 Å². The SMILES string of the molecule is Cn1c(C(=O)NCCSCCCO)cc2ccccc21. The minimum absolute atomic E-state index is 0.0357. The van der Waals surface area contributed by atoms with Gasteiger partial charge in [0.2, 0.25) is 0 Å². The number of aryl methyl sites for hydroxylation is 1. The normalized spacial score (nSPS) is 10.9. The number of aliphatic hydroxyl groups is 1. The van der Waals surface area contributed by atoms with E-state index in [-0.39, 0.29) is 12.5 Å². The molecule has 2 aromatic rings. The van der Waals surface area contributed by atoms with Crippen molar-refractivity contribution in [1.82, 2.24) is 9.88 Å². The second-order valence-electron chi connectivity index (χ2n) is 4.59. The first kappa shape index (κ1) is 14.9. The molecule has 0 aliphatic heterocycles. The lowest BCUT2D eigenvalue weighted by atomic mass is 10.2. The first-order valence-corrected chi connectivity index (χ1v) is 7.91. The number of aromatic nitrogens is 1. The Morgan fingerprint density at radius 3 is 2.90 bits per heavy atom. The van der Waals surface area contributed by atoms with E-state index in [1.165, 1.54) is 0 Å². The number of thioether (sulfide) groups is 1. The number of hydrogen-bond donors (Lipinski definition) is 2. The molecule has 20 heavy (non-hydrogen) atoms. The van der Waals surface area contributed by atoms with Crippen molar-refractivity contribution in [1.29, 1.82) is 0 Å². The van der Waals surface area contributed by atoms with Crippen molar-refractivity contribution in [2.24, 2.45) is 7.05 Å². The lowest BCUT2D eigenvalue weighted by molar-refractivity contribution is 0.0948. The molecule has 0 aliphatic rings. The molecule has 0 saturated heterocycles. The van der Waals surface area contributed by atoms with Crippen LogP contribution in [0.2, 0.25) is 0 Å². The van der Waals surface area contributed by atoms with Gasteiger partial charge in [0.05, 0.1) is 0 Å². The van der Waals surface area contributed by atoms with Crippen LogP contribution in [0.25, 0.3) is 10.9 Å². The van der Waals surface area contributed by atoms with Gasteiger partial charge in [-0.1, -0.05) is 18.2 Å². The zero-order valence-corrected chi connectivity index (χ0v) is 12.4. The molecule has 0 bridgehead atoms.